The Morgan fingerprint density at radius 2 is 2.25 bits per heavy atom. The van der Waals surface area contributed by atoms with Gasteiger partial charge in [-0.05, 0) is 31.4 Å². The molecule has 0 aromatic heterocycles. The lowest BCUT2D eigenvalue weighted by atomic mass is 9.69. The minimum atomic E-state index is -1.13. The van der Waals surface area contributed by atoms with Gasteiger partial charge in [0.1, 0.15) is 0 Å². The molecule has 3 rings (SSSR count). The predicted octanol–water partition coefficient (Wildman–Crippen LogP) is 3.27. The highest BCUT2D eigenvalue weighted by molar-refractivity contribution is 6.10. The maximum absolute atomic E-state index is 13.3. The highest BCUT2D eigenvalue weighted by Crippen LogP contribution is 2.48. The van der Waals surface area contributed by atoms with Crippen molar-refractivity contribution in [2.45, 2.75) is 25.2 Å². The van der Waals surface area contributed by atoms with Crippen LogP contribution < -0.4 is 4.90 Å². The summed E-state index contributed by atoms with van der Waals surface area (Å²) >= 11 is 0. The third-order valence-corrected chi connectivity index (χ3v) is 4.89. The molecule has 4 heteroatoms. The average Bonchev–Trinajstić information content (AvgIpc) is 2.84. The smallest absolute Gasteiger partial charge is 0.252 e. The molecule has 0 bridgehead atoms. The number of allylic oxidation sites excluding steroid dienone is 4. The number of nitriles is 1. The highest BCUT2D eigenvalue weighted by Gasteiger charge is 2.55. The van der Waals surface area contributed by atoms with Gasteiger partial charge in [-0.1, -0.05) is 36.4 Å². The number of rotatable bonds is 5. The number of carbonyl (C=O) groups excluding carboxylic acids is 1. The lowest BCUT2D eigenvalue weighted by Crippen LogP contribution is -2.44. The van der Waals surface area contributed by atoms with Crippen LogP contribution in [0.1, 0.15) is 24.0 Å². The van der Waals surface area contributed by atoms with E-state index in [2.05, 4.69) is 6.07 Å². The minimum absolute atomic E-state index is 0.105. The molecule has 2 aliphatic rings. The van der Waals surface area contributed by atoms with Gasteiger partial charge in [0.05, 0.1) is 6.07 Å². The fourth-order valence-electron chi connectivity index (χ4n) is 3.68. The van der Waals surface area contributed by atoms with Gasteiger partial charge in [0.15, 0.2) is 5.41 Å². The summed E-state index contributed by atoms with van der Waals surface area (Å²) in [5.41, 5.74) is 1.67. The molecule has 0 fully saturated rings. The van der Waals surface area contributed by atoms with Crippen LogP contribution in [0.15, 0.2) is 42.5 Å². The van der Waals surface area contributed by atoms with Crippen molar-refractivity contribution in [1.82, 2.24) is 0 Å². The van der Waals surface area contributed by atoms with E-state index in [-0.39, 0.29) is 11.8 Å². The van der Waals surface area contributed by atoms with Crippen molar-refractivity contribution in [3.8, 4) is 6.07 Å². The molecule has 4 nitrogen and oxygen atoms in total. The Kier molecular flexibility index (Phi) is 4.55. The Morgan fingerprint density at radius 3 is 2.92 bits per heavy atom. The van der Waals surface area contributed by atoms with E-state index >= 15 is 0 Å². The van der Waals surface area contributed by atoms with Gasteiger partial charge in [-0.15, -0.1) is 0 Å². The number of nitrogens with zero attached hydrogens (tertiary/aromatic N) is 2. The van der Waals surface area contributed by atoms with Gasteiger partial charge < -0.3 is 9.64 Å². The molecule has 1 aliphatic heterocycles. The quantitative estimate of drug-likeness (QED) is 0.782. The van der Waals surface area contributed by atoms with Crippen LogP contribution >= 0.6 is 0 Å². The van der Waals surface area contributed by atoms with Crippen LogP contribution in [-0.2, 0) is 14.9 Å². The zero-order chi connectivity index (χ0) is 17.2. The first kappa shape index (κ1) is 16.5. The summed E-state index contributed by atoms with van der Waals surface area (Å²) in [6.07, 6.45) is 9.36. The number of hydrogen-bond acceptors (Lipinski definition) is 3. The molecule has 24 heavy (non-hydrogen) atoms. The van der Waals surface area contributed by atoms with Crippen LogP contribution in [0.25, 0.3) is 0 Å². The van der Waals surface area contributed by atoms with Gasteiger partial charge in [0.25, 0.3) is 5.91 Å². The highest BCUT2D eigenvalue weighted by atomic mass is 16.5. The standard InChI is InChI=1S/C20H22N2O2/c1-15-9-10-17-18(13-15)22(11-6-12-24-2)19(23)20(17,14-21)16-7-4-3-5-8-16/h3-5,7,9-10,13,16H,6,8,11-12H2,1-2H3. The second-order valence-corrected chi connectivity index (χ2v) is 6.40. The van der Waals surface area contributed by atoms with Crippen LogP contribution in [0.4, 0.5) is 5.69 Å². The van der Waals surface area contributed by atoms with Crippen LogP contribution in [0.5, 0.6) is 0 Å². The Balaban J connectivity index is 2.07. The van der Waals surface area contributed by atoms with E-state index in [9.17, 15) is 10.1 Å². The molecule has 0 N–H and O–H groups in total. The first-order valence-electron chi connectivity index (χ1n) is 8.31. The maximum atomic E-state index is 13.3. The molecular formula is C20H22N2O2. The number of benzene rings is 1. The molecule has 2 atom stereocenters. The molecule has 0 radical (unpaired) electrons. The van der Waals surface area contributed by atoms with Crippen molar-refractivity contribution < 1.29 is 9.53 Å². The SMILES string of the molecule is COCCCN1C(=O)C(C#N)(C2C=CC=CC2)c2ccc(C)cc21. The number of aryl methyl sites for hydroxylation is 1. The Bertz CT molecular complexity index is 744. The monoisotopic (exact) mass is 322 g/mol. The third kappa shape index (κ3) is 2.46. The van der Waals surface area contributed by atoms with Crippen LogP contribution in [-0.4, -0.2) is 26.2 Å². The summed E-state index contributed by atoms with van der Waals surface area (Å²) in [6.45, 7) is 3.17. The summed E-state index contributed by atoms with van der Waals surface area (Å²) < 4.78 is 5.12. The van der Waals surface area contributed by atoms with Crippen molar-refractivity contribution in [2.75, 3.05) is 25.2 Å². The summed E-state index contributed by atoms with van der Waals surface area (Å²) in [7, 11) is 1.66. The molecule has 2 unspecified atom stereocenters. The van der Waals surface area contributed by atoms with Crippen LogP contribution in [0.3, 0.4) is 0 Å². The zero-order valence-corrected chi connectivity index (χ0v) is 14.2. The molecular weight excluding hydrogens is 300 g/mol. The van der Waals surface area contributed by atoms with E-state index in [0.29, 0.717) is 19.6 Å². The fraction of sp³-hybridized carbons (Fsp3) is 0.400. The van der Waals surface area contributed by atoms with Gasteiger partial charge in [-0.25, -0.2) is 0 Å². The summed E-state index contributed by atoms with van der Waals surface area (Å²) in [4.78, 5) is 15.1. The molecule has 1 amide bonds. The van der Waals surface area contributed by atoms with Crippen molar-refractivity contribution in [2.24, 2.45) is 5.92 Å². The normalized spacial score (nSPS) is 25.0. The number of fused-ring (bicyclic) bond motifs is 1. The lowest BCUT2D eigenvalue weighted by molar-refractivity contribution is -0.122. The predicted molar refractivity (Wildman–Crippen MR) is 93.7 cm³/mol. The van der Waals surface area contributed by atoms with Crippen molar-refractivity contribution in [3.05, 3.63) is 53.6 Å². The van der Waals surface area contributed by atoms with Gasteiger partial charge >= 0.3 is 0 Å². The van der Waals surface area contributed by atoms with Gasteiger partial charge in [0, 0.05) is 37.4 Å². The van der Waals surface area contributed by atoms with Gasteiger partial charge in [-0.2, -0.15) is 5.26 Å². The van der Waals surface area contributed by atoms with Crippen LogP contribution in [0, 0.1) is 24.2 Å². The van der Waals surface area contributed by atoms with Crippen molar-refractivity contribution in [1.29, 1.82) is 5.26 Å². The fourth-order valence-corrected chi connectivity index (χ4v) is 3.68. The maximum Gasteiger partial charge on any atom is 0.252 e. The topological polar surface area (TPSA) is 53.3 Å². The first-order valence-corrected chi connectivity index (χ1v) is 8.31. The van der Waals surface area contributed by atoms with E-state index < -0.39 is 5.41 Å². The second kappa shape index (κ2) is 6.62. The largest absolute Gasteiger partial charge is 0.385 e. The van der Waals surface area contributed by atoms with E-state index in [1.807, 2.05) is 49.4 Å². The van der Waals surface area contributed by atoms with E-state index in [4.69, 9.17) is 4.74 Å². The summed E-state index contributed by atoms with van der Waals surface area (Å²) in [5, 5.41) is 10.1. The molecule has 1 aromatic carbocycles. The number of hydrogen-bond donors (Lipinski definition) is 0. The Labute approximate surface area is 143 Å². The summed E-state index contributed by atoms with van der Waals surface area (Å²) in [6, 6.07) is 8.34. The molecule has 1 aliphatic carbocycles. The second-order valence-electron chi connectivity index (χ2n) is 6.40. The molecule has 1 heterocycles. The third-order valence-electron chi connectivity index (χ3n) is 4.89. The summed E-state index contributed by atoms with van der Waals surface area (Å²) in [5.74, 6) is -0.236. The number of ether oxygens (including phenoxy) is 1. The lowest BCUT2D eigenvalue weighted by Gasteiger charge is -2.29. The number of carbonyl (C=O) groups is 1. The zero-order valence-electron chi connectivity index (χ0n) is 14.2. The molecule has 0 saturated heterocycles. The van der Waals surface area contributed by atoms with Gasteiger partial charge in [-0.3, -0.25) is 4.79 Å². The average molecular weight is 322 g/mol. The number of methoxy groups -OCH3 is 1. The number of amides is 1. The number of anilines is 1. The van der Waals surface area contributed by atoms with Crippen molar-refractivity contribution in [3.63, 3.8) is 0 Å². The minimum Gasteiger partial charge on any atom is -0.385 e. The van der Waals surface area contributed by atoms with Crippen molar-refractivity contribution >= 4 is 11.6 Å². The van der Waals surface area contributed by atoms with E-state index in [1.165, 1.54) is 0 Å². The first-order chi connectivity index (χ1) is 11.6. The Morgan fingerprint density at radius 1 is 1.42 bits per heavy atom. The van der Waals surface area contributed by atoms with E-state index in [0.717, 1.165) is 23.2 Å². The molecule has 1 aromatic rings. The van der Waals surface area contributed by atoms with Gasteiger partial charge in [0.2, 0.25) is 0 Å². The Hall–Kier alpha value is -2.38. The van der Waals surface area contributed by atoms with Crippen LogP contribution in [0.2, 0.25) is 0 Å². The molecule has 0 saturated carbocycles. The molecule has 0 spiro atoms. The molecule has 124 valence electrons. The van der Waals surface area contributed by atoms with E-state index in [1.54, 1.807) is 12.0 Å².